The molecule has 0 atom stereocenters. The number of rotatable bonds is 9. The molecule has 0 aliphatic rings. The van der Waals surface area contributed by atoms with Gasteiger partial charge in [0.15, 0.2) is 11.4 Å². The van der Waals surface area contributed by atoms with Crippen molar-refractivity contribution in [1.29, 1.82) is 0 Å². The second-order valence-electron chi connectivity index (χ2n) is 10.1. The number of benzene rings is 2. The Hall–Kier alpha value is -4.87. The van der Waals surface area contributed by atoms with Gasteiger partial charge in [0.25, 0.3) is 0 Å². The molecular weight excluding hydrogens is 653 g/mol. The van der Waals surface area contributed by atoms with E-state index >= 15 is 0 Å². The summed E-state index contributed by atoms with van der Waals surface area (Å²) in [5, 5.41) is 27.0. The van der Waals surface area contributed by atoms with Gasteiger partial charge < -0.3 is 25.2 Å². The molecule has 0 aliphatic carbocycles. The largest absolute Gasteiger partial charge is 0.476 e. The second-order valence-corrected chi connectivity index (χ2v) is 11.4. The minimum absolute atomic E-state index is 0.0265. The van der Waals surface area contributed by atoms with Crippen LogP contribution in [0.3, 0.4) is 0 Å². The zero-order chi connectivity index (χ0) is 31.1. The number of pyridine rings is 2. The number of carbonyl (C=O) groups is 2. The van der Waals surface area contributed by atoms with Crippen molar-refractivity contribution in [2.24, 2.45) is 0 Å². The van der Waals surface area contributed by atoms with Gasteiger partial charge in [-0.2, -0.15) is 0 Å². The van der Waals surface area contributed by atoms with Gasteiger partial charge in [-0.15, -0.1) is 0 Å². The average molecular weight is 677 g/mol. The summed E-state index contributed by atoms with van der Waals surface area (Å²) in [7, 11) is 0. The van der Waals surface area contributed by atoms with Crippen molar-refractivity contribution in [2.75, 3.05) is 10.6 Å². The fourth-order valence-electron chi connectivity index (χ4n) is 5.31. The van der Waals surface area contributed by atoms with Crippen LogP contribution in [-0.4, -0.2) is 35.9 Å². The lowest BCUT2D eigenvalue weighted by atomic mass is 9.99. The molecule has 6 rings (SSSR count). The van der Waals surface area contributed by atoms with Gasteiger partial charge in [-0.25, -0.2) is 19.0 Å². The Balaban J connectivity index is 1.37. The molecule has 0 fully saturated rings. The first kappa shape index (κ1) is 29.2. The van der Waals surface area contributed by atoms with Gasteiger partial charge in [-0.1, -0.05) is 17.7 Å². The first-order chi connectivity index (χ1) is 21.1. The van der Waals surface area contributed by atoms with E-state index in [-0.39, 0.29) is 30.3 Å². The van der Waals surface area contributed by atoms with E-state index in [2.05, 4.69) is 31.5 Å². The van der Waals surface area contributed by atoms with Crippen molar-refractivity contribution in [3.8, 4) is 11.3 Å². The van der Waals surface area contributed by atoms with Gasteiger partial charge in [0.05, 0.1) is 27.7 Å². The van der Waals surface area contributed by atoms with Gasteiger partial charge in [0.2, 0.25) is 0 Å². The molecule has 4 N–H and O–H groups in total. The summed E-state index contributed by atoms with van der Waals surface area (Å²) in [6.07, 6.45) is 3.29. The number of hydrogen-bond donors (Lipinski definition) is 4. The van der Waals surface area contributed by atoms with Crippen LogP contribution in [0.2, 0.25) is 5.02 Å². The molecule has 0 saturated carbocycles. The van der Waals surface area contributed by atoms with Gasteiger partial charge >= 0.3 is 11.9 Å². The Morgan fingerprint density at radius 3 is 2.43 bits per heavy atom. The lowest BCUT2D eigenvalue weighted by Crippen LogP contribution is -2.13. The molecule has 12 heteroatoms. The van der Waals surface area contributed by atoms with E-state index in [0.717, 1.165) is 22.2 Å². The second kappa shape index (κ2) is 11.7. The fraction of sp³-hybridized carbons (Fsp3) is 0.0938. The summed E-state index contributed by atoms with van der Waals surface area (Å²) in [6, 6.07) is 18.7. The fourth-order valence-corrected chi connectivity index (χ4v) is 5.98. The molecule has 0 bridgehead atoms. The maximum absolute atomic E-state index is 13.7. The summed E-state index contributed by atoms with van der Waals surface area (Å²) >= 11 is 9.76. The molecule has 0 saturated heterocycles. The quantitative estimate of drug-likeness (QED) is 0.124. The zero-order valence-electron chi connectivity index (χ0n) is 23.1. The number of nitrogens with zero attached hydrogens (tertiary/aromatic N) is 3. The van der Waals surface area contributed by atoms with Crippen LogP contribution in [0.25, 0.3) is 22.4 Å². The Morgan fingerprint density at radius 2 is 1.68 bits per heavy atom. The molecule has 4 aromatic heterocycles. The molecule has 222 valence electrons. The third-order valence-electron chi connectivity index (χ3n) is 7.46. The zero-order valence-corrected chi connectivity index (χ0v) is 25.4. The van der Waals surface area contributed by atoms with Crippen LogP contribution in [0.15, 0.2) is 83.6 Å². The van der Waals surface area contributed by atoms with Crippen molar-refractivity contribution in [1.82, 2.24) is 13.8 Å². The number of carboxylic acids is 2. The van der Waals surface area contributed by atoms with Gasteiger partial charge in [0.1, 0.15) is 11.5 Å². The lowest BCUT2D eigenvalue weighted by Gasteiger charge is -2.17. The monoisotopic (exact) mass is 675 g/mol. The van der Waals surface area contributed by atoms with Crippen molar-refractivity contribution in [2.45, 2.75) is 20.0 Å². The highest BCUT2D eigenvalue weighted by Crippen LogP contribution is 2.33. The van der Waals surface area contributed by atoms with Crippen LogP contribution >= 0.6 is 27.5 Å². The van der Waals surface area contributed by atoms with Crippen LogP contribution in [-0.2, 0) is 13.1 Å². The Labute approximate surface area is 263 Å². The van der Waals surface area contributed by atoms with Crippen LogP contribution in [0.5, 0.6) is 0 Å². The molecule has 0 aliphatic heterocycles. The van der Waals surface area contributed by atoms with E-state index in [9.17, 15) is 24.2 Å². The predicted molar refractivity (Wildman–Crippen MR) is 170 cm³/mol. The Kier molecular flexibility index (Phi) is 7.74. The molecular formula is C32H24BrClFN5O4. The summed E-state index contributed by atoms with van der Waals surface area (Å²) in [5.41, 5.74) is 5.61. The Bertz CT molecular complexity index is 2110. The van der Waals surface area contributed by atoms with Gasteiger partial charge in [0, 0.05) is 35.4 Å². The molecule has 4 heterocycles. The van der Waals surface area contributed by atoms with E-state index in [1.54, 1.807) is 69.7 Å². The SMILES string of the molecule is Cc1c(CNc2ccc3cccn3c2C(=O)O)cc(Cl)cc1-c1cnc2ccc(NCc3ccc(F)c(Br)c3)c(C(=O)O)n12. The number of aromatic carboxylic acids is 2. The van der Waals surface area contributed by atoms with Crippen molar-refractivity contribution in [3.05, 3.63) is 123 Å². The third kappa shape index (κ3) is 5.36. The summed E-state index contributed by atoms with van der Waals surface area (Å²) in [5.74, 6) is -2.62. The molecule has 44 heavy (non-hydrogen) atoms. The summed E-state index contributed by atoms with van der Waals surface area (Å²) in [4.78, 5) is 29.2. The number of halogens is 3. The van der Waals surface area contributed by atoms with E-state index in [1.807, 2.05) is 19.1 Å². The molecule has 0 spiro atoms. The van der Waals surface area contributed by atoms with E-state index in [0.29, 0.717) is 37.8 Å². The number of imidazole rings is 1. The first-order valence-electron chi connectivity index (χ1n) is 13.4. The lowest BCUT2D eigenvalue weighted by molar-refractivity contribution is 0.0679. The van der Waals surface area contributed by atoms with Crippen LogP contribution < -0.4 is 10.6 Å². The molecule has 0 unspecified atom stereocenters. The van der Waals surface area contributed by atoms with Gasteiger partial charge in [-0.3, -0.25) is 4.40 Å². The number of anilines is 2. The topological polar surface area (TPSA) is 120 Å². The molecule has 6 aromatic rings. The highest BCUT2D eigenvalue weighted by Gasteiger charge is 2.22. The normalized spacial score (nSPS) is 11.3. The van der Waals surface area contributed by atoms with Crippen molar-refractivity contribution in [3.63, 3.8) is 0 Å². The Morgan fingerprint density at radius 1 is 0.955 bits per heavy atom. The molecule has 0 radical (unpaired) electrons. The number of aromatic nitrogens is 3. The first-order valence-corrected chi connectivity index (χ1v) is 14.6. The van der Waals surface area contributed by atoms with Crippen LogP contribution in [0, 0.1) is 12.7 Å². The number of fused-ring (bicyclic) bond motifs is 2. The predicted octanol–water partition coefficient (Wildman–Crippen LogP) is 7.74. The van der Waals surface area contributed by atoms with E-state index in [4.69, 9.17) is 11.6 Å². The van der Waals surface area contributed by atoms with Crippen LogP contribution in [0.4, 0.5) is 15.8 Å². The van der Waals surface area contributed by atoms with Crippen molar-refractivity contribution < 1.29 is 24.2 Å². The molecule has 2 aromatic carbocycles. The third-order valence-corrected chi connectivity index (χ3v) is 8.29. The maximum Gasteiger partial charge on any atom is 0.355 e. The highest BCUT2D eigenvalue weighted by molar-refractivity contribution is 9.10. The minimum atomic E-state index is -1.17. The summed E-state index contributed by atoms with van der Waals surface area (Å²) < 4.78 is 17.2. The van der Waals surface area contributed by atoms with E-state index in [1.165, 1.54) is 6.07 Å². The maximum atomic E-state index is 13.7. The molecule has 9 nitrogen and oxygen atoms in total. The number of nitrogens with one attached hydrogen (secondary N) is 2. The summed E-state index contributed by atoms with van der Waals surface area (Å²) in [6.45, 7) is 2.41. The van der Waals surface area contributed by atoms with E-state index < -0.39 is 11.9 Å². The van der Waals surface area contributed by atoms with Gasteiger partial charge in [-0.05, 0) is 100 Å². The standard InChI is InChI=1S/C32H24BrClFN5O4/c1-17-19(15-37-25-7-5-21-3-2-10-39(21)29(25)31(41)42)12-20(34)13-22(17)27-16-38-28-9-8-26(30(32(43)44)40(27)28)36-14-18-4-6-24(35)23(33)11-18/h2-13,16,36-37H,14-15H2,1H3,(H,41,42)(H,43,44). The highest BCUT2D eigenvalue weighted by atomic mass is 79.9. The van der Waals surface area contributed by atoms with Crippen molar-refractivity contribution >= 4 is 62.0 Å². The smallest absolute Gasteiger partial charge is 0.355 e. The number of hydrogen-bond acceptors (Lipinski definition) is 5. The number of carboxylic acid groups (broad SMARTS) is 2. The average Bonchev–Trinajstić information content (AvgIpc) is 3.64. The molecule has 0 amide bonds. The minimum Gasteiger partial charge on any atom is -0.476 e. The van der Waals surface area contributed by atoms with Crippen LogP contribution in [0.1, 0.15) is 37.7 Å².